The summed E-state index contributed by atoms with van der Waals surface area (Å²) >= 11 is 0. The third-order valence-electron chi connectivity index (χ3n) is 22.7. The Labute approximate surface area is 470 Å². The van der Waals surface area contributed by atoms with Crippen LogP contribution in [0, 0.1) is 35.5 Å². The third-order valence-corrected chi connectivity index (χ3v) is 22.7. The predicted molar refractivity (Wildman–Crippen MR) is 334 cm³/mol. The summed E-state index contributed by atoms with van der Waals surface area (Å²) in [7, 11) is 0. The molecule has 0 atom stereocenters. The van der Waals surface area contributed by atoms with Gasteiger partial charge in [-0.15, -0.1) is 0 Å². The monoisotopic (exact) mass is 1030 g/mol. The van der Waals surface area contributed by atoms with E-state index in [1.165, 1.54) is 171 Å². The standard InChI is InChI=1S/C76H67BN2O/c1-74(2,3)55-18-22-66(59(34-55)51-14-8-5-9-15-51)78-68-32-54(50-12-6-4-7-13-50)31-62-64-37-57(76-41-47-27-48(42-76)29-49(28-47)43-76)36-63-60-35-56(75-38-44-24-45(39-75)26-46(25-44)40-75)19-23-67(60)79(71(63)64)77(70(62)68)65-21-20-58-61-30-52-16-10-11-17-53(52)33-69(61)80-73(58)72(65)78/h4-23,30-37,44-49H,24-29,38-43H2,1-3H3. The molecule has 80 heavy (non-hydrogen) atoms. The molecule has 8 bridgehead atoms. The largest absolute Gasteiger partial charge is 0.454 e. The van der Waals surface area contributed by atoms with Gasteiger partial charge in [-0.25, -0.2) is 0 Å². The zero-order valence-electron chi connectivity index (χ0n) is 46.5. The minimum absolute atomic E-state index is 0.0537. The van der Waals surface area contributed by atoms with E-state index in [0.717, 1.165) is 63.1 Å². The Balaban J connectivity index is 0.958. The predicted octanol–water partition coefficient (Wildman–Crippen LogP) is 18.8. The molecule has 0 saturated heterocycles. The Morgan fingerprint density at radius 2 is 1.07 bits per heavy atom. The van der Waals surface area contributed by atoms with E-state index in [4.69, 9.17) is 4.42 Å². The fourth-order valence-corrected chi connectivity index (χ4v) is 20.2. The highest BCUT2D eigenvalue weighted by molar-refractivity contribution is 6.90. The number of hydrogen-bond donors (Lipinski definition) is 0. The topological polar surface area (TPSA) is 21.3 Å². The Hall–Kier alpha value is -7.30. The van der Waals surface area contributed by atoms with Gasteiger partial charge in [-0.2, -0.15) is 0 Å². The zero-order chi connectivity index (χ0) is 52.5. The lowest BCUT2D eigenvalue weighted by Crippen LogP contribution is -2.56. The second-order valence-electron chi connectivity index (χ2n) is 28.5. The van der Waals surface area contributed by atoms with Crippen LogP contribution in [0.5, 0.6) is 0 Å². The summed E-state index contributed by atoms with van der Waals surface area (Å²) in [5, 5.41) is 7.70. The van der Waals surface area contributed by atoms with Crippen molar-refractivity contribution in [1.82, 2.24) is 4.48 Å². The first kappa shape index (κ1) is 45.4. The van der Waals surface area contributed by atoms with E-state index in [9.17, 15) is 0 Å². The molecule has 9 aromatic carbocycles. The first-order chi connectivity index (χ1) is 39.1. The van der Waals surface area contributed by atoms with Crippen LogP contribution < -0.4 is 15.8 Å². The molecule has 2 aliphatic heterocycles. The molecule has 3 nitrogen and oxygen atoms in total. The molecule has 4 heterocycles. The van der Waals surface area contributed by atoms with Crippen LogP contribution in [-0.2, 0) is 16.2 Å². The minimum Gasteiger partial charge on any atom is -0.454 e. The van der Waals surface area contributed by atoms with Crippen molar-refractivity contribution in [3.8, 4) is 33.4 Å². The van der Waals surface area contributed by atoms with Gasteiger partial charge in [-0.3, -0.25) is 0 Å². The van der Waals surface area contributed by atoms with Crippen LogP contribution in [0.4, 0.5) is 17.1 Å². The number of anilines is 3. The number of fused-ring (bicyclic) bond motifs is 12. The first-order valence-corrected chi connectivity index (χ1v) is 30.8. The van der Waals surface area contributed by atoms with Crippen molar-refractivity contribution in [3.63, 3.8) is 0 Å². The second kappa shape index (κ2) is 15.8. The molecular weight excluding hydrogens is 968 g/mol. The van der Waals surface area contributed by atoms with Crippen LogP contribution in [0.3, 0.4) is 0 Å². The minimum atomic E-state index is -0.106. The van der Waals surface area contributed by atoms with Gasteiger partial charge in [-0.05, 0) is 250 Å². The van der Waals surface area contributed by atoms with Crippen LogP contribution in [0.2, 0.25) is 0 Å². The fourth-order valence-electron chi connectivity index (χ4n) is 20.2. The molecule has 4 heteroatoms. The highest BCUT2D eigenvalue weighted by Gasteiger charge is 2.54. The van der Waals surface area contributed by atoms with Crippen molar-refractivity contribution in [2.75, 3.05) is 4.90 Å². The smallest absolute Gasteiger partial charge is 0.333 e. The third kappa shape index (κ3) is 6.24. The summed E-state index contributed by atoms with van der Waals surface area (Å²) in [6.07, 6.45) is 16.9. The molecule has 8 saturated carbocycles. The van der Waals surface area contributed by atoms with E-state index < -0.39 is 0 Å². The maximum atomic E-state index is 7.53. The maximum Gasteiger partial charge on any atom is 0.333 e. The van der Waals surface area contributed by atoms with E-state index in [2.05, 4.69) is 200 Å². The molecule has 8 aliphatic carbocycles. The maximum absolute atomic E-state index is 7.53. The van der Waals surface area contributed by atoms with Gasteiger partial charge >= 0.3 is 6.85 Å². The molecule has 8 fully saturated rings. The molecule has 2 aromatic heterocycles. The van der Waals surface area contributed by atoms with Gasteiger partial charge < -0.3 is 13.8 Å². The van der Waals surface area contributed by atoms with Gasteiger partial charge in [0, 0.05) is 49.4 Å². The number of furan rings is 1. The van der Waals surface area contributed by atoms with E-state index in [0.29, 0.717) is 5.41 Å². The molecule has 10 aliphatic rings. The van der Waals surface area contributed by atoms with E-state index >= 15 is 0 Å². The van der Waals surface area contributed by atoms with Crippen molar-refractivity contribution in [1.29, 1.82) is 0 Å². The normalized spacial score (nSPS) is 26.6. The van der Waals surface area contributed by atoms with Crippen molar-refractivity contribution in [2.24, 2.45) is 35.5 Å². The first-order valence-electron chi connectivity index (χ1n) is 30.8. The Morgan fingerprint density at radius 1 is 0.463 bits per heavy atom. The molecule has 0 spiro atoms. The fraction of sp³-hybridized carbons (Fsp3) is 0.316. The molecule has 0 unspecified atom stereocenters. The number of aromatic nitrogens is 1. The summed E-state index contributed by atoms with van der Waals surface area (Å²) in [6, 6.07) is 67.0. The molecule has 11 aromatic rings. The lowest BCUT2D eigenvalue weighted by atomic mass is 9.44. The van der Waals surface area contributed by atoms with Crippen LogP contribution in [-0.4, -0.2) is 11.3 Å². The highest BCUT2D eigenvalue weighted by atomic mass is 16.3. The van der Waals surface area contributed by atoms with Crippen molar-refractivity contribution >= 4 is 89.4 Å². The molecule has 390 valence electrons. The average Bonchev–Trinajstić information content (AvgIpc) is 4.02. The summed E-state index contributed by atoms with van der Waals surface area (Å²) < 4.78 is 10.4. The van der Waals surface area contributed by atoms with Gasteiger partial charge in [-0.1, -0.05) is 130 Å². The van der Waals surface area contributed by atoms with Gasteiger partial charge in [0.25, 0.3) is 0 Å². The van der Waals surface area contributed by atoms with Crippen LogP contribution in [0.15, 0.2) is 174 Å². The molecule has 0 amide bonds. The van der Waals surface area contributed by atoms with Crippen LogP contribution in [0.1, 0.15) is 115 Å². The summed E-state index contributed by atoms with van der Waals surface area (Å²) in [5.74, 6) is 5.25. The summed E-state index contributed by atoms with van der Waals surface area (Å²) in [6.45, 7) is 6.94. The average molecular weight is 1040 g/mol. The Morgan fingerprint density at radius 3 is 1.74 bits per heavy atom. The van der Waals surface area contributed by atoms with E-state index in [1.807, 2.05) is 0 Å². The number of nitrogens with zero attached hydrogens (tertiary/aromatic N) is 2. The molecule has 0 N–H and O–H groups in total. The summed E-state index contributed by atoms with van der Waals surface area (Å²) in [5.41, 5.74) is 23.7. The lowest BCUT2D eigenvalue weighted by Gasteiger charge is -2.57. The molecule has 0 radical (unpaired) electrons. The lowest BCUT2D eigenvalue weighted by molar-refractivity contribution is -0.00527. The van der Waals surface area contributed by atoms with Gasteiger partial charge in [0.2, 0.25) is 0 Å². The Kier molecular flexibility index (Phi) is 8.96. The summed E-state index contributed by atoms with van der Waals surface area (Å²) in [4.78, 5) is 2.68. The number of hydrogen-bond acceptors (Lipinski definition) is 2. The highest BCUT2D eigenvalue weighted by Crippen LogP contribution is 2.64. The molecule has 21 rings (SSSR count). The van der Waals surface area contributed by atoms with Crippen molar-refractivity contribution in [3.05, 3.63) is 187 Å². The van der Waals surface area contributed by atoms with E-state index in [1.54, 1.807) is 11.1 Å². The van der Waals surface area contributed by atoms with Crippen LogP contribution >= 0.6 is 0 Å². The Bertz CT molecular complexity index is 4420. The zero-order valence-corrected chi connectivity index (χ0v) is 46.5. The molecular formula is C76H67BN2O. The van der Waals surface area contributed by atoms with Gasteiger partial charge in [0.15, 0.2) is 5.58 Å². The number of rotatable bonds is 5. The van der Waals surface area contributed by atoms with Gasteiger partial charge in [0.1, 0.15) is 5.58 Å². The quantitative estimate of drug-likeness (QED) is 0.160. The van der Waals surface area contributed by atoms with Crippen molar-refractivity contribution < 1.29 is 4.42 Å². The SMILES string of the molecule is CC(C)(C)c1ccc(N2c3cc(-c4ccccc4)cc4c3B(c3ccc5c(oc6cc7ccccc7cc65)c32)n2c3ccc(C56CC7CC(CC(C7)C5)C6)cc3c3cc(C56CC7CC(CC(C7)C5)C6)cc-4c32)c(-c2ccccc2)c1. The van der Waals surface area contributed by atoms with Crippen molar-refractivity contribution in [2.45, 2.75) is 114 Å². The second-order valence-corrected chi connectivity index (χ2v) is 28.5. The van der Waals surface area contributed by atoms with Crippen LogP contribution in [0.25, 0.3) is 87.9 Å². The van der Waals surface area contributed by atoms with Gasteiger partial charge in [0.05, 0.1) is 11.4 Å². The number of benzene rings is 9. The van der Waals surface area contributed by atoms with E-state index in [-0.39, 0.29) is 17.7 Å².